The summed E-state index contributed by atoms with van der Waals surface area (Å²) in [5.41, 5.74) is 0.757. The first-order chi connectivity index (χ1) is 9.38. The molecule has 0 radical (unpaired) electrons. The Hall–Kier alpha value is -1.84. The summed E-state index contributed by atoms with van der Waals surface area (Å²) in [6.45, 7) is 1.89. The van der Waals surface area contributed by atoms with E-state index in [9.17, 15) is 13.2 Å². The third-order valence-corrected chi connectivity index (χ3v) is 4.62. The van der Waals surface area contributed by atoms with Gasteiger partial charge in [-0.3, -0.25) is 0 Å². The number of pyridine rings is 1. The van der Waals surface area contributed by atoms with Crippen molar-refractivity contribution in [1.29, 1.82) is 0 Å². The first-order valence-corrected chi connectivity index (χ1v) is 7.85. The van der Waals surface area contributed by atoms with Crippen molar-refractivity contribution < 1.29 is 18.3 Å². The fraction of sp³-hybridized carbons (Fsp3) is 0.182. The van der Waals surface area contributed by atoms with Gasteiger partial charge >= 0.3 is 5.97 Å². The minimum Gasteiger partial charge on any atom is -0.478 e. The highest BCUT2D eigenvalue weighted by Gasteiger charge is 2.16. The highest BCUT2D eigenvalue weighted by molar-refractivity contribution is 7.89. The van der Waals surface area contributed by atoms with Crippen LogP contribution in [0.25, 0.3) is 0 Å². The van der Waals surface area contributed by atoms with Gasteiger partial charge < -0.3 is 5.11 Å². The molecule has 0 amide bonds. The number of nitrogens with zero attached hydrogens (tertiary/aromatic N) is 2. The lowest BCUT2D eigenvalue weighted by Crippen LogP contribution is -2.24. The van der Waals surface area contributed by atoms with E-state index in [1.54, 1.807) is 0 Å². The molecule has 0 saturated carbocycles. The molecule has 2 rings (SSSR count). The van der Waals surface area contributed by atoms with Crippen LogP contribution in [0.4, 0.5) is 0 Å². The summed E-state index contributed by atoms with van der Waals surface area (Å²) in [5, 5.41) is 11.0. The molecule has 0 bridgehead atoms. The fourth-order valence-electron chi connectivity index (χ4n) is 1.38. The molecular weight excluding hydrogens is 302 g/mol. The fourth-order valence-corrected chi connectivity index (χ4v) is 3.10. The van der Waals surface area contributed by atoms with Crippen LogP contribution in [0.5, 0.6) is 0 Å². The number of sulfonamides is 1. The van der Waals surface area contributed by atoms with Crippen molar-refractivity contribution in [2.24, 2.45) is 0 Å². The molecule has 0 saturated heterocycles. The van der Waals surface area contributed by atoms with Gasteiger partial charge in [0.2, 0.25) is 0 Å². The molecule has 2 heterocycles. The quantitative estimate of drug-likeness (QED) is 0.853. The molecule has 0 spiro atoms. The standard InChI is InChI=1S/C11H11N3O4S2/c1-7-6-19-9(14-7)5-13-20(17,18)10-3-2-8(4-12-10)11(15)16/h2-4,6,13H,5H2,1H3,(H,15,16). The van der Waals surface area contributed by atoms with Crippen molar-refractivity contribution in [2.75, 3.05) is 0 Å². The first-order valence-electron chi connectivity index (χ1n) is 5.48. The second-order valence-corrected chi connectivity index (χ2v) is 6.55. The summed E-state index contributed by atoms with van der Waals surface area (Å²) in [4.78, 5) is 18.4. The van der Waals surface area contributed by atoms with E-state index in [4.69, 9.17) is 5.11 Å². The molecule has 7 nitrogen and oxygen atoms in total. The van der Waals surface area contributed by atoms with Gasteiger partial charge in [0.05, 0.1) is 12.1 Å². The van der Waals surface area contributed by atoms with E-state index in [1.807, 2.05) is 12.3 Å². The van der Waals surface area contributed by atoms with Crippen molar-refractivity contribution in [1.82, 2.24) is 14.7 Å². The Morgan fingerprint density at radius 2 is 2.20 bits per heavy atom. The molecule has 106 valence electrons. The lowest BCUT2D eigenvalue weighted by molar-refractivity contribution is 0.0696. The first kappa shape index (κ1) is 14.6. The van der Waals surface area contributed by atoms with Gasteiger partial charge in [-0.1, -0.05) is 0 Å². The van der Waals surface area contributed by atoms with Crippen molar-refractivity contribution in [2.45, 2.75) is 18.5 Å². The average Bonchev–Trinajstić information content (AvgIpc) is 2.82. The second kappa shape index (κ2) is 5.65. The molecule has 0 aromatic carbocycles. The van der Waals surface area contributed by atoms with E-state index in [1.165, 1.54) is 17.4 Å². The molecule has 2 aromatic heterocycles. The van der Waals surface area contributed by atoms with Crippen LogP contribution in [0.15, 0.2) is 28.7 Å². The maximum atomic E-state index is 11.9. The predicted octanol–water partition coefficient (Wildman–Crippen LogP) is 1.02. The summed E-state index contributed by atoms with van der Waals surface area (Å²) in [6, 6.07) is 2.34. The molecule has 2 aromatic rings. The molecule has 0 aliphatic heterocycles. The number of rotatable bonds is 5. The highest BCUT2D eigenvalue weighted by Crippen LogP contribution is 2.11. The molecule has 0 fully saturated rings. The normalized spacial score (nSPS) is 11.4. The van der Waals surface area contributed by atoms with E-state index < -0.39 is 16.0 Å². The SMILES string of the molecule is Cc1csc(CNS(=O)(=O)c2ccc(C(=O)O)cn2)n1. The lowest BCUT2D eigenvalue weighted by Gasteiger charge is -2.04. The number of hydrogen-bond donors (Lipinski definition) is 2. The zero-order chi connectivity index (χ0) is 14.8. The van der Waals surface area contributed by atoms with Crippen molar-refractivity contribution in [3.8, 4) is 0 Å². The van der Waals surface area contributed by atoms with E-state index in [0.717, 1.165) is 18.0 Å². The van der Waals surface area contributed by atoms with Crippen LogP contribution in [0, 0.1) is 6.92 Å². The Balaban J connectivity index is 2.11. The smallest absolute Gasteiger partial charge is 0.337 e. The maximum absolute atomic E-state index is 11.9. The summed E-state index contributed by atoms with van der Waals surface area (Å²) < 4.78 is 26.3. The molecule has 9 heteroatoms. The summed E-state index contributed by atoms with van der Waals surface area (Å²) >= 11 is 1.36. The number of carbonyl (C=O) groups is 1. The minimum absolute atomic E-state index is 0.0699. The van der Waals surface area contributed by atoms with Crippen LogP contribution >= 0.6 is 11.3 Å². The molecule has 2 N–H and O–H groups in total. The van der Waals surface area contributed by atoms with E-state index in [2.05, 4.69) is 14.7 Å². The zero-order valence-electron chi connectivity index (χ0n) is 10.4. The number of carboxylic acid groups (broad SMARTS) is 1. The Labute approximate surface area is 119 Å². The molecule has 0 atom stereocenters. The van der Waals surface area contributed by atoms with Gasteiger partial charge in [0.1, 0.15) is 5.01 Å². The Morgan fingerprint density at radius 1 is 1.45 bits per heavy atom. The Morgan fingerprint density at radius 3 is 2.70 bits per heavy atom. The highest BCUT2D eigenvalue weighted by atomic mass is 32.2. The Kier molecular flexibility index (Phi) is 4.12. The zero-order valence-corrected chi connectivity index (χ0v) is 12.0. The number of hydrogen-bond acceptors (Lipinski definition) is 6. The van der Waals surface area contributed by atoms with Crippen LogP contribution < -0.4 is 4.72 Å². The van der Waals surface area contributed by atoms with Gasteiger partial charge in [-0.05, 0) is 19.1 Å². The molecule has 20 heavy (non-hydrogen) atoms. The van der Waals surface area contributed by atoms with Gasteiger partial charge in [0.15, 0.2) is 5.03 Å². The lowest BCUT2D eigenvalue weighted by atomic mass is 10.3. The summed E-state index contributed by atoms with van der Waals surface area (Å²) in [7, 11) is -3.78. The third-order valence-electron chi connectivity index (χ3n) is 2.34. The summed E-state index contributed by atoms with van der Waals surface area (Å²) in [6.07, 6.45) is 1.00. The largest absolute Gasteiger partial charge is 0.478 e. The molecule has 0 aliphatic rings. The number of aromatic nitrogens is 2. The van der Waals surface area contributed by atoms with Crippen molar-refractivity contribution in [3.05, 3.63) is 40.0 Å². The number of nitrogens with one attached hydrogen (secondary N) is 1. The van der Waals surface area contributed by atoms with Gasteiger partial charge in [-0.15, -0.1) is 11.3 Å². The topological polar surface area (TPSA) is 109 Å². The van der Waals surface area contributed by atoms with Gasteiger partial charge in [0.25, 0.3) is 10.0 Å². The monoisotopic (exact) mass is 313 g/mol. The molecular formula is C11H11N3O4S2. The van der Waals surface area contributed by atoms with Crippen LogP contribution in [-0.4, -0.2) is 29.5 Å². The molecule has 0 aliphatic carbocycles. The van der Waals surface area contributed by atoms with Crippen LogP contribution in [0.1, 0.15) is 21.1 Å². The number of aryl methyl sites for hydroxylation is 1. The van der Waals surface area contributed by atoms with Crippen LogP contribution in [-0.2, 0) is 16.6 Å². The summed E-state index contributed by atoms with van der Waals surface area (Å²) in [5.74, 6) is -1.16. The van der Waals surface area contributed by atoms with Gasteiger partial charge in [-0.2, -0.15) is 0 Å². The Bertz CT molecular complexity index is 722. The average molecular weight is 313 g/mol. The van der Waals surface area contributed by atoms with Crippen molar-refractivity contribution in [3.63, 3.8) is 0 Å². The van der Waals surface area contributed by atoms with E-state index in [0.29, 0.717) is 5.01 Å². The second-order valence-electron chi connectivity index (χ2n) is 3.90. The number of aromatic carboxylic acids is 1. The van der Waals surface area contributed by atoms with Gasteiger partial charge in [0, 0.05) is 17.3 Å². The third kappa shape index (κ3) is 3.38. The van der Waals surface area contributed by atoms with E-state index >= 15 is 0 Å². The number of carboxylic acids is 1. The minimum atomic E-state index is -3.78. The maximum Gasteiger partial charge on any atom is 0.337 e. The van der Waals surface area contributed by atoms with Crippen molar-refractivity contribution >= 4 is 27.3 Å². The van der Waals surface area contributed by atoms with Gasteiger partial charge in [-0.25, -0.2) is 27.9 Å². The van der Waals surface area contributed by atoms with Crippen LogP contribution in [0.2, 0.25) is 0 Å². The number of thiazole rings is 1. The van der Waals surface area contributed by atoms with Crippen LogP contribution in [0.3, 0.4) is 0 Å². The molecule has 0 unspecified atom stereocenters. The predicted molar refractivity (Wildman–Crippen MR) is 72.1 cm³/mol. The van der Waals surface area contributed by atoms with E-state index in [-0.39, 0.29) is 17.1 Å².